The first-order valence-corrected chi connectivity index (χ1v) is 12.8. The summed E-state index contributed by atoms with van der Waals surface area (Å²) in [6, 6.07) is 1.87. The quantitative estimate of drug-likeness (QED) is 0.346. The fraction of sp³-hybridized carbons (Fsp3) is 0.727. The number of nitrogens with zero attached hydrogens (tertiary/aromatic N) is 5. The van der Waals surface area contributed by atoms with Crippen LogP contribution in [0.5, 0.6) is 0 Å². The summed E-state index contributed by atoms with van der Waals surface area (Å²) in [5.74, 6) is 1.45. The van der Waals surface area contributed by atoms with Crippen LogP contribution in [0.15, 0.2) is 11.2 Å². The molecule has 2 fully saturated rings. The van der Waals surface area contributed by atoms with Gasteiger partial charge in [-0.25, -0.2) is 9.97 Å². The fourth-order valence-corrected chi connectivity index (χ4v) is 5.20. The van der Waals surface area contributed by atoms with Gasteiger partial charge in [-0.3, -0.25) is 9.59 Å². The average Bonchev–Trinajstić information content (AvgIpc) is 2.77. The Labute approximate surface area is 200 Å². The first-order chi connectivity index (χ1) is 15.3. The molecular formula is C22H35ClN6O2S. The van der Waals surface area contributed by atoms with Gasteiger partial charge in [0.25, 0.3) is 0 Å². The zero-order valence-corrected chi connectivity index (χ0v) is 20.9. The van der Waals surface area contributed by atoms with Crippen LogP contribution in [0, 0.1) is 5.92 Å². The van der Waals surface area contributed by atoms with E-state index in [1.54, 1.807) is 6.07 Å². The van der Waals surface area contributed by atoms with Crippen LogP contribution in [-0.4, -0.2) is 90.2 Å². The van der Waals surface area contributed by atoms with E-state index < -0.39 is 0 Å². The largest absolute Gasteiger partial charge is 0.354 e. The van der Waals surface area contributed by atoms with Crippen molar-refractivity contribution >= 4 is 41.0 Å². The van der Waals surface area contributed by atoms with Gasteiger partial charge in [-0.2, -0.15) is 0 Å². The van der Waals surface area contributed by atoms with E-state index in [1.165, 1.54) is 18.2 Å². The maximum absolute atomic E-state index is 13.0. The number of amides is 2. The molecule has 1 saturated heterocycles. The molecule has 8 nitrogen and oxygen atoms in total. The molecule has 0 aromatic carbocycles. The van der Waals surface area contributed by atoms with Crippen molar-refractivity contribution in [3.63, 3.8) is 0 Å². The monoisotopic (exact) mass is 482 g/mol. The molecule has 0 radical (unpaired) electrons. The van der Waals surface area contributed by atoms with Crippen LogP contribution in [-0.2, 0) is 9.59 Å². The third-order valence-corrected chi connectivity index (χ3v) is 7.10. The number of thioether (sulfide) groups is 1. The van der Waals surface area contributed by atoms with Crippen molar-refractivity contribution in [2.24, 2.45) is 5.92 Å². The summed E-state index contributed by atoms with van der Waals surface area (Å²) in [5.41, 5.74) is 0. The van der Waals surface area contributed by atoms with Crippen molar-refractivity contribution in [2.45, 2.75) is 50.2 Å². The van der Waals surface area contributed by atoms with E-state index in [0.717, 1.165) is 38.0 Å². The minimum atomic E-state index is -0.0505. The first kappa shape index (κ1) is 25.1. The lowest BCUT2D eigenvalue weighted by Gasteiger charge is -2.42. The van der Waals surface area contributed by atoms with Crippen molar-refractivity contribution in [1.29, 1.82) is 0 Å². The number of hydrogen-bond donors (Lipinski definition) is 1. The highest BCUT2D eigenvalue weighted by molar-refractivity contribution is 7.99. The zero-order valence-electron chi connectivity index (χ0n) is 19.3. The summed E-state index contributed by atoms with van der Waals surface area (Å²) in [4.78, 5) is 40.2. The van der Waals surface area contributed by atoms with Crippen molar-refractivity contribution < 1.29 is 9.59 Å². The minimum Gasteiger partial charge on any atom is -0.354 e. The fourth-order valence-electron chi connectivity index (χ4n) is 4.29. The molecule has 10 heteroatoms. The molecule has 1 aliphatic carbocycles. The van der Waals surface area contributed by atoms with Gasteiger partial charge >= 0.3 is 0 Å². The van der Waals surface area contributed by atoms with E-state index in [0.29, 0.717) is 42.4 Å². The predicted octanol–water partition coefficient (Wildman–Crippen LogP) is 2.52. The van der Waals surface area contributed by atoms with Crippen molar-refractivity contribution in [3.05, 3.63) is 11.2 Å². The van der Waals surface area contributed by atoms with Gasteiger partial charge in [0.15, 0.2) is 5.16 Å². The molecule has 3 rings (SSSR count). The number of anilines is 1. The smallest absolute Gasteiger partial charge is 0.230 e. The van der Waals surface area contributed by atoms with E-state index in [9.17, 15) is 9.59 Å². The van der Waals surface area contributed by atoms with Crippen LogP contribution in [0.2, 0.25) is 5.15 Å². The Morgan fingerprint density at radius 1 is 1.22 bits per heavy atom. The Balaban J connectivity index is 1.55. The summed E-state index contributed by atoms with van der Waals surface area (Å²) >= 11 is 7.54. The van der Waals surface area contributed by atoms with Crippen LogP contribution >= 0.6 is 23.4 Å². The lowest BCUT2D eigenvalue weighted by molar-refractivity contribution is -0.139. The minimum absolute atomic E-state index is 0.0505. The Kier molecular flexibility index (Phi) is 9.43. The van der Waals surface area contributed by atoms with Gasteiger partial charge in [0.05, 0.1) is 5.75 Å². The van der Waals surface area contributed by atoms with Crippen LogP contribution in [0.4, 0.5) is 5.82 Å². The Hall–Kier alpha value is -1.58. The number of likely N-dealkylation sites (N-methyl/N-ethyl adjacent to an activating group) is 1. The lowest BCUT2D eigenvalue weighted by Crippen LogP contribution is -2.55. The predicted molar refractivity (Wildman–Crippen MR) is 129 cm³/mol. The molecule has 1 saturated carbocycles. The molecular weight excluding hydrogens is 448 g/mol. The molecule has 2 heterocycles. The van der Waals surface area contributed by atoms with Crippen molar-refractivity contribution in [3.8, 4) is 0 Å². The molecule has 1 aromatic heterocycles. The molecule has 1 atom stereocenters. The summed E-state index contributed by atoms with van der Waals surface area (Å²) < 4.78 is 0. The normalized spacial score (nSPS) is 20.0. The maximum Gasteiger partial charge on any atom is 0.230 e. The number of piperazine rings is 1. The van der Waals surface area contributed by atoms with Gasteiger partial charge in [-0.1, -0.05) is 42.6 Å². The molecule has 0 spiro atoms. The molecule has 1 unspecified atom stereocenters. The second-order valence-electron chi connectivity index (χ2n) is 8.93. The van der Waals surface area contributed by atoms with Gasteiger partial charge in [0.1, 0.15) is 11.0 Å². The van der Waals surface area contributed by atoms with Crippen LogP contribution in [0.1, 0.15) is 39.0 Å². The summed E-state index contributed by atoms with van der Waals surface area (Å²) in [5, 5.41) is 3.74. The van der Waals surface area contributed by atoms with Crippen molar-refractivity contribution in [2.75, 3.05) is 57.5 Å². The molecule has 0 bridgehead atoms. The molecule has 2 amide bonds. The van der Waals surface area contributed by atoms with Gasteiger partial charge in [-0.15, -0.1) is 0 Å². The first-order valence-electron chi connectivity index (χ1n) is 11.5. The topological polar surface area (TPSA) is 81.7 Å². The molecule has 1 aliphatic heterocycles. The van der Waals surface area contributed by atoms with E-state index >= 15 is 0 Å². The Morgan fingerprint density at radius 3 is 2.66 bits per heavy atom. The second-order valence-corrected chi connectivity index (χ2v) is 10.3. The second kappa shape index (κ2) is 12.0. The molecule has 1 aromatic rings. The molecule has 1 N–H and O–H groups in total. The lowest BCUT2D eigenvalue weighted by atomic mass is 9.88. The third-order valence-electron chi connectivity index (χ3n) is 6.06. The number of aromatic nitrogens is 2. The van der Waals surface area contributed by atoms with Crippen LogP contribution < -0.4 is 10.2 Å². The number of hydrogen-bond acceptors (Lipinski definition) is 7. The Bertz CT molecular complexity index is 790. The summed E-state index contributed by atoms with van der Waals surface area (Å²) in [6.07, 6.45) is 5.63. The molecule has 178 valence electrons. The Morgan fingerprint density at radius 2 is 1.97 bits per heavy atom. The number of carbonyl (C=O) groups is 2. The average molecular weight is 483 g/mol. The number of carbonyl (C=O) groups excluding carboxylic acids is 2. The highest BCUT2D eigenvalue weighted by atomic mass is 35.5. The standard InChI is InChI=1S/C22H35ClN6O2S/c1-16-14-28(11-12-29(16)21(31)17-7-5-4-6-8-17)19-13-18(23)25-22(26-19)32-15-20(30)24-9-10-27(2)3/h13,16-17H,4-12,14-15H2,1-3H3,(H,24,30). The zero-order chi connectivity index (χ0) is 23.1. The SMILES string of the molecule is CC1CN(c2cc(Cl)nc(SCC(=O)NCCN(C)C)n2)CCN1C(=O)C1CCCCC1. The molecule has 2 aliphatic rings. The highest BCUT2D eigenvalue weighted by Gasteiger charge is 2.33. The van der Waals surface area contributed by atoms with Gasteiger partial charge in [0, 0.05) is 50.7 Å². The number of rotatable bonds is 8. The highest BCUT2D eigenvalue weighted by Crippen LogP contribution is 2.28. The van der Waals surface area contributed by atoms with Gasteiger partial charge in [0.2, 0.25) is 11.8 Å². The third kappa shape index (κ3) is 7.22. The summed E-state index contributed by atoms with van der Waals surface area (Å²) in [7, 11) is 3.93. The van der Waals surface area contributed by atoms with E-state index in [4.69, 9.17) is 11.6 Å². The molecule has 32 heavy (non-hydrogen) atoms. The van der Waals surface area contributed by atoms with Crippen molar-refractivity contribution in [1.82, 2.24) is 25.1 Å². The number of nitrogens with one attached hydrogen (secondary N) is 1. The van der Waals surface area contributed by atoms with Gasteiger partial charge < -0.3 is 20.0 Å². The van der Waals surface area contributed by atoms with E-state index in [1.807, 2.05) is 23.9 Å². The number of halogens is 1. The van der Waals surface area contributed by atoms with Crippen LogP contribution in [0.25, 0.3) is 0 Å². The van der Waals surface area contributed by atoms with Gasteiger partial charge in [-0.05, 0) is 33.9 Å². The van der Waals surface area contributed by atoms with E-state index in [-0.39, 0.29) is 23.6 Å². The van der Waals surface area contributed by atoms with E-state index in [2.05, 4.69) is 27.1 Å². The summed E-state index contributed by atoms with van der Waals surface area (Å²) in [6.45, 7) is 5.61. The maximum atomic E-state index is 13.0. The van der Waals surface area contributed by atoms with Crippen LogP contribution in [0.3, 0.4) is 0 Å².